The Morgan fingerprint density at radius 1 is 1.27 bits per heavy atom. The smallest absolute Gasteiger partial charge is 0.325 e. The number of nitrogens with zero attached hydrogens (tertiary/aromatic N) is 1. The number of benzene rings is 1. The Morgan fingerprint density at radius 3 is 2.62 bits per heavy atom. The second-order valence-corrected chi connectivity index (χ2v) is 5.86. The van der Waals surface area contributed by atoms with Crippen molar-refractivity contribution in [3.63, 3.8) is 0 Å². The zero-order chi connectivity index (χ0) is 19.3. The zero-order valence-corrected chi connectivity index (χ0v) is 14.9. The van der Waals surface area contributed by atoms with Gasteiger partial charge in [0.25, 0.3) is 5.91 Å². The number of rotatable bonds is 7. The van der Waals surface area contributed by atoms with Crippen molar-refractivity contribution in [1.82, 2.24) is 10.2 Å². The van der Waals surface area contributed by atoms with E-state index in [1.54, 1.807) is 12.1 Å². The second kappa shape index (κ2) is 8.32. The highest BCUT2D eigenvalue weighted by molar-refractivity contribution is 6.08. The minimum Gasteiger partial charge on any atom is -0.495 e. The highest BCUT2D eigenvalue weighted by Crippen LogP contribution is 2.28. The van der Waals surface area contributed by atoms with Crippen LogP contribution in [0.2, 0.25) is 0 Å². The Balaban J connectivity index is 2.08. The quantitative estimate of drug-likeness (QED) is 0.632. The highest BCUT2D eigenvalue weighted by Gasteiger charge is 2.38. The van der Waals surface area contributed by atoms with Crippen molar-refractivity contribution in [2.75, 3.05) is 24.3 Å². The average Bonchev–Trinajstić information content (AvgIpc) is 2.82. The lowest BCUT2D eigenvalue weighted by Gasteiger charge is -2.15. The summed E-state index contributed by atoms with van der Waals surface area (Å²) in [5, 5.41) is 7.77. The molecule has 1 atom stereocenters. The normalized spacial score (nSPS) is 16.3. The Bertz CT molecular complexity index is 734. The molecule has 9 heteroatoms. The van der Waals surface area contributed by atoms with Gasteiger partial charge in [0, 0.05) is 12.6 Å². The number of imide groups is 1. The van der Waals surface area contributed by atoms with E-state index in [9.17, 15) is 19.2 Å². The van der Waals surface area contributed by atoms with Crippen molar-refractivity contribution < 1.29 is 23.9 Å². The van der Waals surface area contributed by atoms with Gasteiger partial charge in [-0.15, -0.1) is 0 Å². The second-order valence-electron chi connectivity index (χ2n) is 5.86. The molecule has 0 bridgehead atoms. The molecular weight excluding hydrogens is 340 g/mol. The standard InChI is InChI=1S/C17H22N4O5/c1-4-5-12-16(24)21(17(25)20-12)9-15(23)19-13-8-11(18-10(2)22)6-7-14(13)26-3/h6-8,12H,4-5,9H2,1-3H3,(H,18,22)(H,19,23)(H,20,25). The molecule has 1 aromatic carbocycles. The first-order chi connectivity index (χ1) is 12.3. The number of nitrogens with one attached hydrogen (secondary N) is 3. The van der Waals surface area contributed by atoms with Gasteiger partial charge in [0.15, 0.2) is 0 Å². The van der Waals surface area contributed by atoms with Gasteiger partial charge in [-0.05, 0) is 24.6 Å². The summed E-state index contributed by atoms with van der Waals surface area (Å²) >= 11 is 0. The third-order valence-corrected chi connectivity index (χ3v) is 3.78. The monoisotopic (exact) mass is 362 g/mol. The fourth-order valence-corrected chi connectivity index (χ4v) is 2.63. The van der Waals surface area contributed by atoms with Crippen LogP contribution in [0.25, 0.3) is 0 Å². The summed E-state index contributed by atoms with van der Waals surface area (Å²) in [5.74, 6) is -0.836. The summed E-state index contributed by atoms with van der Waals surface area (Å²) in [6, 6.07) is 3.58. The summed E-state index contributed by atoms with van der Waals surface area (Å²) < 4.78 is 5.18. The maximum Gasteiger partial charge on any atom is 0.325 e. The van der Waals surface area contributed by atoms with E-state index in [0.717, 1.165) is 11.3 Å². The van der Waals surface area contributed by atoms with Crippen molar-refractivity contribution in [2.45, 2.75) is 32.7 Å². The van der Waals surface area contributed by atoms with Crippen LogP contribution in [-0.2, 0) is 14.4 Å². The number of ether oxygens (including phenoxy) is 1. The first-order valence-electron chi connectivity index (χ1n) is 8.23. The van der Waals surface area contributed by atoms with Gasteiger partial charge >= 0.3 is 6.03 Å². The molecular formula is C17H22N4O5. The van der Waals surface area contributed by atoms with Crippen LogP contribution >= 0.6 is 0 Å². The Morgan fingerprint density at radius 2 is 2.00 bits per heavy atom. The lowest BCUT2D eigenvalue weighted by molar-refractivity contribution is -0.130. The molecule has 1 heterocycles. The van der Waals surface area contributed by atoms with E-state index < -0.39 is 30.4 Å². The van der Waals surface area contributed by atoms with Gasteiger partial charge in [-0.2, -0.15) is 0 Å². The molecule has 1 saturated heterocycles. The number of methoxy groups -OCH3 is 1. The van der Waals surface area contributed by atoms with Crippen LogP contribution < -0.4 is 20.7 Å². The minimum atomic E-state index is -0.585. The summed E-state index contributed by atoms with van der Waals surface area (Å²) in [6.07, 6.45) is 1.26. The molecule has 0 spiro atoms. The minimum absolute atomic E-state index is 0.256. The van der Waals surface area contributed by atoms with E-state index in [1.807, 2.05) is 6.92 Å². The molecule has 0 aliphatic carbocycles. The molecule has 1 unspecified atom stereocenters. The van der Waals surface area contributed by atoms with Crippen molar-refractivity contribution in [3.8, 4) is 5.75 Å². The first-order valence-corrected chi connectivity index (χ1v) is 8.23. The Labute approximate surface area is 151 Å². The number of amides is 5. The topological polar surface area (TPSA) is 117 Å². The van der Waals surface area contributed by atoms with Crippen LogP contribution in [0.1, 0.15) is 26.7 Å². The van der Waals surface area contributed by atoms with Crippen LogP contribution in [0, 0.1) is 0 Å². The molecule has 5 amide bonds. The zero-order valence-electron chi connectivity index (χ0n) is 14.9. The van der Waals surface area contributed by atoms with Gasteiger partial charge < -0.3 is 20.7 Å². The molecule has 9 nitrogen and oxygen atoms in total. The van der Waals surface area contributed by atoms with Crippen LogP contribution in [0.15, 0.2) is 18.2 Å². The molecule has 140 valence electrons. The van der Waals surface area contributed by atoms with Gasteiger partial charge in [-0.25, -0.2) is 4.79 Å². The summed E-state index contributed by atoms with van der Waals surface area (Å²) in [7, 11) is 1.44. The molecule has 2 rings (SSSR count). The Hall–Kier alpha value is -3.10. The fraction of sp³-hybridized carbons (Fsp3) is 0.412. The van der Waals surface area contributed by atoms with E-state index in [4.69, 9.17) is 4.74 Å². The van der Waals surface area contributed by atoms with Gasteiger partial charge in [-0.1, -0.05) is 13.3 Å². The maximum atomic E-state index is 12.3. The Kier molecular flexibility index (Phi) is 6.16. The molecule has 0 aromatic heterocycles. The predicted octanol–water partition coefficient (Wildman–Crippen LogP) is 1.31. The predicted molar refractivity (Wildman–Crippen MR) is 94.9 cm³/mol. The van der Waals surface area contributed by atoms with Gasteiger partial charge in [0.05, 0.1) is 12.8 Å². The fourth-order valence-electron chi connectivity index (χ4n) is 2.63. The van der Waals surface area contributed by atoms with Crippen LogP contribution in [0.5, 0.6) is 5.75 Å². The average molecular weight is 362 g/mol. The third-order valence-electron chi connectivity index (χ3n) is 3.78. The van der Waals surface area contributed by atoms with Crippen LogP contribution in [0.3, 0.4) is 0 Å². The lowest BCUT2D eigenvalue weighted by atomic mass is 10.2. The van der Waals surface area contributed by atoms with E-state index in [-0.39, 0.29) is 5.91 Å². The number of urea groups is 1. The summed E-state index contributed by atoms with van der Waals surface area (Å²) in [5.41, 5.74) is 0.799. The van der Waals surface area contributed by atoms with Crippen molar-refractivity contribution in [1.29, 1.82) is 0 Å². The van der Waals surface area contributed by atoms with Crippen LogP contribution in [-0.4, -0.2) is 48.3 Å². The molecule has 3 N–H and O–H groups in total. The number of hydrogen-bond donors (Lipinski definition) is 3. The van der Waals surface area contributed by atoms with E-state index >= 15 is 0 Å². The molecule has 1 fully saturated rings. The van der Waals surface area contributed by atoms with Crippen molar-refractivity contribution in [3.05, 3.63) is 18.2 Å². The molecule has 1 aliphatic heterocycles. The van der Waals surface area contributed by atoms with Gasteiger partial charge in [0.1, 0.15) is 18.3 Å². The van der Waals surface area contributed by atoms with Crippen molar-refractivity contribution in [2.24, 2.45) is 0 Å². The number of carbonyl (C=O) groups excluding carboxylic acids is 4. The lowest BCUT2D eigenvalue weighted by Crippen LogP contribution is -2.38. The van der Waals surface area contributed by atoms with E-state index in [0.29, 0.717) is 23.5 Å². The molecule has 26 heavy (non-hydrogen) atoms. The van der Waals surface area contributed by atoms with Gasteiger partial charge in [0.2, 0.25) is 11.8 Å². The largest absolute Gasteiger partial charge is 0.495 e. The third kappa shape index (κ3) is 4.50. The van der Waals surface area contributed by atoms with E-state index in [1.165, 1.54) is 20.1 Å². The summed E-state index contributed by atoms with van der Waals surface area (Å²) in [6.45, 7) is 2.87. The SMILES string of the molecule is CCCC1NC(=O)N(CC(=O)Nc2cc(NC(C)=O)ccc2OC)C1=O. The summed E-state index contributed by atoms with van der Waals surface area (Å²) in [4.78, 5) is 48.4. The molecule has 0 saturated carbocycles. The molecule has 0 radical (unpaired) electrons. The highest BCUT2D eigenvalue weighted by atomic mass is 16.5. The number of hydrogen-bond acceptors (Lipinski definition) is 5. The number of carbonyl (C=O) groups is 4. The molecule has 1 aromatic rings. The maximum absolute atomic E-state index is 12.3. The van der Waals surface area contributed by atoms with E-state index in [2.05, 4.69) is 16.0 Å². The number of anilines is 2. The van der Waals surface area contributed by atoms with Gasteiger partial charge in [-0.3, -0.25) is 19.3 Å². The molecule has 1 aliphatic rings. The van der Waals surface area contributed by atoms with Crippen molar-refractivity contribution >= 4 is 35.1 Å². The van der Waals surface area contributed by atoms with Crippen LogP contribution in [0.4, 0.5) is 16.2 Å². The first kappa shape index (κ1) is 19.2.